The molecule has 1 aromatic carbocycles. The molecule has 1 aliphatic heterocycles. The highest BCUT2D eigenvalue weighted by atomic mass is 19.1. The van der Waals surface area contributed by atoms with Gasteiger partial charge in [0.15, 0.2) is 0 Å². The van der Waals surface area contributed by atoms with Crippen LogP contribution in [0.15, 0.2) is 24.3 Å². The number of halogens is 1. The number of carbonyl (C=O) groups excluding carboxylic acids is 1. The largest absolute Gasteiger partial charge is 0.481 e. The van der Waals surface area contributed by atoms with Gasteiger partial charge in [0.2, 0.25) is 0 Å². The Morgan fingerprint density at radius 1 is 1.38 bits per heavy atom. The standard InChI is InChI=1S/C15H19FN2O3/c1-2-18(13-7-5-12(16)6-8-13)15(21)17-9-3-4-11(10-17)14(19)20/h5-8,11H,2-4,9-10H2,1H3,(H,19,20)/t11-/m0/s1. The lowest BCUT2D eigenvalue weighted by Crippen LogP contribution is -2.49. The summed E-state index contributed by atoms with van der Waals surface area (Å²) in [5.41, 5.74) is 0.612. The van der Waals surface area contributed by atoms with Gasteiger partial charge in [-0.05, 0) is 44.0 Å². The summed E-state index contributed by atoms with van der Waals surface area (Å²) in [6.07, 6.45) is 1.28. The lowest BCUT2D eigenvalue weighted by molar-refractivity contribution is -0.143. The third-order valence-corrected chi connectivity index (χ3v) is 3.73. The Bertz CT molecular complexity index is 518. The van der Waals surface area contributed by atoms with E-state index < -0.39 is 11.9 Å². The Labute approximate surface area is 123 Å². The highest BCUT2D eigenvalue weighted by molar-refractivity contribution is 5.92. The molecule has 2 amide bonds. The number of carboxylic acids is 1. The van der Waals surface area contributed by atoms with Gasteiger partial charge in [0.1, 0.15) is 5.82 Å². The third kappa shape index (κ3) is 3.51. The fraction of sp³-hybridized carbons (Fsp3) is 0.467. The molecule has 1 aliphatic rings. The van der Waals surface area contributed by atoms with Gasteiger partial charge < -0.3 is 10.0 Å². The van der Waals surface area contributed by atoms with E-state index in [-0.39, 0.29) is 18.4 Å². The summed E-state index contributed by atoms with van der Waals surface area (Å²) in [5, 5.41) is 9.09. The molecule has 0 bridgehead atoms. The van der Waals surface area contributed by atoms with E-state index in [1.807, 2.05) is 6.92 Å². The lowest BCUT2D eigenvalue weighted by Gasteiger charge is -2.34. The van der Waals surface area contributed by atoms with Crippen molar-refractivity contribution in [3.05, 3.63) is 30.1 Å². The van der Waals surface area contributed by atoms with Crippen LogP contribution in [0, 0.1) is 11.7 Å². The van der Waals surface area contributed by atoms with Crippen LogP contribution in [0.5, 0.6) is 0 Å². The molecule has 21 heavy (non-hydrogen) atoms. The number of aliphatic carboxylic acids is 1. The van der Waals surface area contributed by atoms with Crippen LogP contribution in [0.4, 0.5) is 14.9 Å². The molecular formula is C15H19FN2O3. The fourth-order valence-corrected chi connectivity index (χ4v) is 2.57. The van der Waals surface area contributed by atoms with Crippen molar-refractivity contribution in [3.8, 4) is 0 Å². The minimum absolute atomic E-state index is 0.227. The zero-order valence-electron chi connectivity index (χ0n) is 12.0. The smallest absolute Gasteiger partial charge is 0.324 e. The molecule has 1 fully saturated rings. The monoisotopic (exact) mass is 294 g/mol. The third-order valence-electron chi connectivity index (χ3n) is 3.73. The number of amides is 2. The van der Waals surface area contributed by atoms with E-state index in [1.54, 1.807) is 17.0 Å². The molecule has 0 radical (unpaired) electrons. The summed E-state index contributed by atoms with van der Waals surface area (Å²) in [7, 11) is 0. The second-order valence-corrected chi connectivity index (χ2v) is 5.13. The molecule has 6 heteroatoms. The maximum atomic E-state index is 13.0. The van der Waals surface area contributed by atoms with E-state index >= 15 is 0 Å². The number of carbonyl (C=O) groups is 2. The maximum absolute atomic E-state index is 13.0. The van der Waals surface area contributed by atoms with Gasteiger partial charge in [-0.3, -0.25) is 9.69 Å². The molecule has 1 aromatic rings. The number of likely N-dealkylation sites (tertiary alicyclic amines) is 1. The molecule has 1 atom stereocenters. The Morgan fingerprint density at radius 3 is 2.62 bits per heavy atom. The van der Waals surface area contributed by atoms with Crippen LogP contribution in [0.25, 0.3) is 0 Å². The zero-order valence-corrected chi connectivity index (χ0v) is 12.0. The van der Waals surface area contributed by atoms with Crippen LogP contribution in [0.3, 0.4) is 0 Å². The van der Waals surface area contributed by atoms with Crippen LogP contribution in [-0.4, -0.2) is 41.6 Å². The summed E-state index contributed by atoms with van der Waals surface area (Å²) < 4.78 is 13.0. The van der Waals surface area contributed by atoms with Gasteiger partial charge in [-0.15, -0.1) is 0 Å². The van der Waals surface area contributed by atoms with Crippen LogP contribution in [-0.2, 0) is 4.79 Å². The van der Waals surface area contributed by atoms with E-state index in [2.05, 4.69) is 0 Å². The minimum atomic E-state index is -0.864. The molecule has 2 rings (SSSR count). The number of benzene rings is 1. The van der Waals surface area contributed by atoms with Crippen molar-refractivity contribution >= 4 is 17.7 Å². The molecular weight excluding hydrogens is 275 g/mol. The number of nitrogens with zero attached hydrogens (tertiary/aromatic N) is 2. The van der Waals surface area contributed by atoms with Crippen LogP contribution < -0.4 is 4.90 Å². The van der Waals surface area contributed by atoms with E-state index in [0.717, 1.165) is 0 Å². The second kappa shape index (κ2) is 6.56. The number of hydrogen-bond donors (Lipinski definition) is 1. The van der Waals surface area contributed by atoms with Crippen molar-refractivity contribution in [2.45, 2.75) is 19.8 Å². The Kier molecular flexibility index (Phi) is 4.77. The highest BCUT2D eigenvalue weighted by Crippen LogP contribution is 2.21. The second-order valence-electron chi connectivity index (χ2n) is 5.13. The Morgan fingerprint density at radius 2 is 2.05 bits per heavy atom. The number of rotatable bonds is 3. The molecule has 1 saturated heterocycles. The molecule has 0 aliphatic carbocycles. The summed E-state index contributed by atoms with van der Waals surface area (Å²) in [6.45, 7) is 3.06. The molecule has 0 saturated carbocycles. The topological polar surface area (TPSA) is 60.9 Å². The van der Waals surface area contributed by atoms with Gasteiger partial charge >= 0.3 is 12.0 Å². The van der Waals surface area contributed by atoms with Crippen molar-refractivity contribution in [1.82, 2.24) is 4.90 Å². The zero-order chi connectivity index (χ0) is 15.4. The van der Waals surface area contributed by atoms with Gasteiger partial charge in [-0.25, -0.2) is 9.18 Å². The predicted molar refractivity (Wildman–Crippen MR) is 76.7 cm³/mol. The highest BCUT2D eigenvalue weighted by Gasteiger charge is 2.30. The normalized spacial score (nSPS) is 18.4. The van der Waals surface area contributed by atoms with Crippen molar-refractivity contribution < 1.29 is 19.1 Å². The van der Waals surface area contributed by atoms with Gasteiger partial charge in [-0.2, -0.15) is 0 Å². The summed E-state index contributed by atoms with van der Waals surface area (Å²) >= 11 is 0. The SMILES string of the molecule is CCN(C(=O)N1CCC[C@H](C(=O)O)C1)c1ccc(F)cc1. The van der Waals surface area contributed by atoms with Crippen molar-refractivity contribution in [2.24, 2.45) is 5.92 Å². The van der Waals surface area contributed by atoms with E-state index in [4.69, 9.17) is 5.11 Å². The molecule has 1 heterocycles. The van der Waals surface area contributed by atoms with E-state index in [1.165, 1.54) is 17.0 Å². The van der Waals surface area contributed by atoms with Gasteiger partial charge in [-0.1, -0.05) is 0 Å². The fourth-order valence-electron chi connectivity index (χ4n) is 2.57. The summed E-state index contributed by atoms with van der Waals surface area (Å²) in [5.74, 6) is -1.72. The van der Waals surface area contributed by atoms with Crippen LogP contribution >= 0.6 is 0 Å². The van der Waals surface area contributed by atoms with Gasteiger partial charge in [0, 0.05) is 25.3 Å². The molecule has 1 N–H and O–H groups in total. The van der Waals surface area contributed by atoms with Crippen LogP contribution in [0.1, 0.15) is 19.8 Å². The van der Waals surface area contributed by atoms with Gasteiger partial charge in [0.05, 0.1) is 5.92 Å². The van der Waals surface area contributed by atoms with E-state index in [0.29, 0.717) is 31.6 Å². The predicted octanol–water partition coefficient (Wildman–Crippen LogP) is 2.57. The first-order valence-electron chi connectivity index (χ1n) is 7.07. The molecule has 114 valence electrons. The number of hydrogen-bond acceptors (Lipinski definition) is 2. The molecule has 0 aromatic heterocycles. The summed E-state index contributed by atoms with van der Waals surface area (Å²) in [6, 6.07) is 5.49. The average molecular weight is 294 g/mol. The van der Waals surface area contributed by atoms with Crippen molar-refractivity contribution in [3.63, 3.8) is 0 Å². The minimum Gasteiger partial charge on any atom is -0.481 e. The first kappa shape index (κ1) is 15.3. The van der Waals surface area contributed by atoms with Crippen molar-refractivity contribution in [2.75, 3.05) is 24.5 Å². The van der Waals surface area contributed by atoms with Gasteiger partial charge in [0.25, 0.3) is 0 Å². The van der Waals surface area contributed by atoms with Crippen molar-refractivity contribution in [1.29, 1.82) is 0 Å². The average Bonchev–Trinajstić information content (AvgIpc) is 2.50. The summed E-state index contributed by atoms with van der Waals surface area (Å²) in [4.78, 5) is 26.7. The number of carboxylic acid groups (broad SMARTS) is 1. The molecule has 0 unspecified atom stereocenters. The maximum Gasteiger partial charge on any atom is 0.324 e. The number of piperidine rings is 1. The molecule has 5 nitrogen and oxygen atoms in total. The Balaban J connectivity index is 2.12. The molecule has 0 spiro atoms. The van der Waals surface area contributed by atoms with E-state index in [9.17, 15) is 14.0 Å². The van der Waals surface area contributed by atoms with Crippen LogP contribution in [0.2, 0.25) is 0 Å². The first-order valence-corrected chi connectivity index (χ1v) is 7.07. The number of anilines is 1. The quantitative estimate of drug-likeness (QED) is 0.932. The Hall–Kier alpha value is -2.11. The first-order chi connectivity index (χ1) is 10.0. The lowest BCUT2D eigenvalue weighted by atomic mass is 9.98. The number of urea groups is 1.